The van der Waals surface area contributed by atoms with E-state index in [9.17, 15) is 14.4 Å². The quantitative estimate of drug-likeness (QED) is 0.0200. The molecule has 0 saturated carbocycles. The van der Waals surface area contributed by atoms with Crippen molar-refractivity contribution in [2.45, 2.75) is 239 Å². The van der Waals surface area contributed by atoms with Crippen LogP contribution in [0.15, 0.2) is 72.9 Å². The van der Waals surface area contributed by atoms with Gasteiger partial charge in [-0.25, -0.2) is 0 Å². The molecule has 0 saturated heterocycles. The van der Waals surface area contributed by atoms with Gasteiger partial charge in [0.2, 0.25) is 0 Å². The third kappa shape index (κ3) is 45.9. The maximum atomic E-state index is 12.7. The molecule has 6 heteroatoms. The van der Waals surface area contributed by atoms with Gasteiger partial charge in [0, 0.05) is 19.3 Å². The summed E-state index contributed by atoms with van der Waals surface area (Å²) >= 11 is 0. The van der Waals surface area contributed by atoms with Crippen molar-refractivity contribution >= 4 is 17.9 Å². The second-order valence-corrected chi connectivity index (χ2v) is 16.4. The monoisotopic (exact) mass is 837 g/mol. The number of hydrogen-bond acceptors (Lipinski definition) is 6. The Morgan fingerprint density at radius 1 is 0.367 bits per heavy atom. The summed E-state index contributed by atoms with van der Waals surface area (Å²) in [6.07, 6.45) is 60.3. The van der Waals surface area contributed by atoms with Gasteiger partial charge in [-0.2, -0.15) is 0 Å². The largest absolute Gasteiger partial charge is 0.462 e. The maximum absolute atomic E-state index is 12.7. The number of esters is 3. The molecule has 0 amide bonds. The van der Waals surface area contributed by atoms with Gasteiger partial charge >= 0.3 is 17.9 Å². The maximum Gasteiger partial charge on any atom is 0.306 e. The molecule has 0 aromatic rings. The fourth-order valence-corrected chi connectivity index (χ4v) is 6.84. The van der Waals surface area contributed by atoms with E-state index in [1.54, 1.807) is 0 Å². The molecule has 0 rings (SSSR count). The van der Waals surface area contributed by atoms with E-state index >= 15 is 0 Å². The van der Waals surface area contributed by atoms with Crippen LogP contribution in [0.5, 0.6) is 0 Å². The van der Waals surface area contributed by atoms with Gasteiger partial charge in [-0.15, -0.1) is 0 Å². The Balaban J connectivity index is 4.40. The van der Waals surface area contributed by atoms with E-state index in [0.29, 0.717) is 19.3 Å². The smallest absolute Gasteiger partial charge is 0.306 e. The van der Waals surface area contributed by atoms with E-state index < -0.39 is 6.10 Å². The second kappa shape index (κ2) is 48.5. The van der Waals surface area contributed by atoms with Gasteiger partial charge in [0.15, 0.2) is 6.10 Å². The van der Waals surface area contributed by atoms with Crippen LogP contribution in [0.25, 0.3) is 0 Å². The van der Waals surface area contributed by atoms with Crippen molar-refractivity contribution in [3.05, 3.63) is 72.9 Å². The highest BCUT2D eigenvalue weighted by Gasteiger charge is 2.19. The fourth-order valence-electron chi connectivity index (χ4n) is 6.84. The lowest BCUT2D eigenvalue weighted by atomic mass is 10.0. The van der Waals surface area contributed by atoms with E-state index in [-0.39, 0.29) is 37.5 Å². The van der Waals surface area contributed by atoms with E-state index in [0.717, 1.165) is 96.3 Å². The predicted octanol–water partition coefficient (Wildman–Crippen LogP) is 16.3. The molecule has 6 nitrogen and oxygen atoms in total. The Morgan fingerprint density at radius 3 is 1.22 bits per heavy atom. The molecule has 0 heterocycles. The summed E-state index contributed by atoms with van der Waals surface area (Å²) in [5, 5.41) is 0. The number of unbranched alkanes of at least 4 members (excludes halogenated alkanes) is 24. The van der Waals surface area contributed by atoms with Crippen molar-refractivity contribution in [3.63, 3.8) is 0 Å². The Hall–Kier alpha value is -3.15. The lowest BCUT2D eigenvalue weighted by Gasteiger charge is -2.18. The van der Waals surface area contributed by atoms with E-state index in [1.807, 2.05) is 36.5 Å². The van der Waals surface area contributed by atoms with Gasteiger partial charge in [-0.3, -0.25) is 14.4 Å². The molecule has 0 aromatic carbocycles. The Morgan fingerprint density at radius 2 is 0.733 bits per heavy atom. The molecule has 0 aliphatic heterocycles. The van der Waals surface area contributed by atoms with Crippen LogP contribution in [0.2, 0.25) is 0 Å². The number of carbonyl (C=O) groups excluding carboxylic acids is 3. The molecule has 0 radical (unpaired) electrons. The lowest BCUT2D eigenvalue weighted by molar-refractivity contribution is -0.167. The molecular weight excluding hydrogens is 745 g/mol. The first-order valence-electron chi connectivity index (χ1n) is 25.0. The summed E-state index contributed by atoms with van der Waals surface area (Å²) in [6, 6.07) is 0. The van der Waals surface area contributed by atoms with Gasteiger partial charge in [0.05, 0.1) is 0 Å². The number of carbonyl (C=O) groups is 3. The summed E-state index contributed by atoms with van der Waals surface area (Å²) in [4.78, 5) is 37.9. The molecule has 344 valence electrons. The Labute approximate surface area is 370 Å². The normalized spacial score (nSPS) is 12.7. The topological polar surface area (TPSA) is 78.9 Å². The first-order valence-corrected chi connectivity index (χ1v) is 25.0. The van der Waals surface area contributed by atoms with Crippen LogP contribution < -0.4 is 0 Å². The molecule has 0 aliphatic rings. The van der Waals surface area contributed by atoms with Crippen LogP contribution in [0.1, 0.15) is 233 Å². The molecular formula is C54H92O6. The summed E-state index contributed by atoms with van der Waals surface area (Å²) in [7, 11) is 0. The first kappa shape index (κ1) is 56.9. The van der Waals surface area contributed by atoms with Crippen molar-refractivity contribution in [1.82, 2.24) is 0 Å². The molecule has 0 fully saturated rings. The minimum Gasteiger partial charge on any atom is -0.462 e. The van der Waals surface area contributed by atoms with Crippen LogP contribution in [-0.2, 0) is 28.6 Å². The lowest BCUT2D eigenvalue weighted by Crippen LogP contribution is -2.30. The van der Waals surface area contributed by atoms with Gasteiger partial charge < -0.3 is 14.2 Å². The molecule has 1 atom stereocenters. The zero-order valence-corrected chi connectivity index (χ0v) is 39.2. The molecule has 0 N–H and O–H groups in total. The predicted molar refractivity (Wildman–Crippen MR) is 256 cm³/mol. The van der Waals surface area contributed by atoms with Crippen LogP contribution in [0.3, 0.4) is 0 Å². The molecule has 0 aromatic heterocycles. The second-order valence-electron chi connectivity index (χ2n) is 16.4. The molecule has 1 unspecified atom stereocenters. The first-order chi connectivity index (χ1) is 29.5. The number of ether oxygens (including phenoxy) is 3. The van der Waals surface area contributed by atoms with Crippen molar-refractivity contribution in [1.29, 1.82) is 0 Å². The minimum absolute atomic E-state index is 0.0947. The van der Waals surface area contributed by atoms with Crippen molar-refractivity contribution in [2.75, 3.05) is 13.2 Å². The number of allylic oxidation sites excluding steroid dienone is 12. The van der Waals surface area contributed by atoms with Crippen LogP contribution in [0, 0.1) is 0 Å². The van der Waals surface area contributed by atoms with Gasteiger partial charge in [0.1, 0.15) is 13.2 Å². The fraction of sp³-hybridized carbons (Fsp3) is 0.722. The molecule has 0 spiro atoms. The zero-order chi connectivity index (χ0) is 43.7. The standard InChI is InChI=1S/C54H92O6/c1-4-7-10-13-16-19-22-25-26-27-28-30-32-35-38-41-44-47-53(56)59-50-51(49-58-52(55)46-43-40-37-34-31-24-21-18-15-12-9-6-3)60-54(57)48-45-42-39-36-33-29-23-20-17-14-11-8-5-2/h8-9,11-12,14,17-18,20-21,23,29,33,51H,4-7,10,13,15-16,19,22,24-28,30-32,34-50H2,1-3H3/b11-8-,12-9-,17-14-,21-18-,23-20-,33-29-. The van der Waals surface area contributed by atoms with Crippen LogP contribution >= 0.6 is 0 Å². The van der Waals surface area contributed by atoms with Gasteiger partial charge in [-0.05, 0) is 64.2 Å². The Kier molecular flexibility index (Phi) is 46.0. The van der Waals surface area contributed by atoms with Gasteiger partial charge in [0.25, 0.3) is 0 Å². The highest BCUT2D eigenvalue weighted by atomic mass is 16.6. The average molecular weight is 837 g/mol. The average Bonchev–Trinajstić information content (AvgIpc) is 3.24. The van der Waals surface area contributed by atoms with Crippen molar-refractivity contribution < 1.29 is 28.6 Å². The molecule has 0 bridgehead atoms. The van der Waals surface area contributed by atoms with Crippen molar-refractivity contribution in [2.24, 2.45) is 0 Å². The SMILES string of the molecule is CC\C=C/C=C\C=C/C=C\CCCCCC(=O)OC(COC(=O)CCCCCCC/C=C\C/C=C\CC)COC(=O)CCCCCCCCCCCCCCCCCCC. The van der Waals surface area contributed by atoms with E-state index in [4.69, 9.17) is 14.2 Å². The Bertz CT molecular complexity index is 1140. The highest BCUT2D eigenvalue weighted by molar-refractivity contribution is 5.71. The van der Waals surface area contributed by atoms with Crippen molar-refractivity contribution in [3.8, 4) is 0 Å². The van der Waals surface area contributed by atoms with E-state index in [2.05, 4.69) is 57.2 Å². The molecule has 60 heavy (non-hydrogen) atoms. The van der Waals surface area contributed by atoms with Gasteiger partial charge in [-0.1, -0.05) is 222 Å². The summed E-state index contributed by atoms with van der Waals surface area (Å²) in [5.41, 5.74) is 0. The zero-order valence-electron chi connectivity index (χ0n) is 39.2. The third-order valence-corrected chi connectivity index (χ3v) is 10.6. The molecule has 0 aliphatic carbocycles. The van der Waals surface area contributed by atoms with E-state index in [1.165, 1.54) is 89.9 Å². The summed E-state index contributed by atoms with van der Waals surface area (Å²) < 4.78 is 16.7. The highest BCUT2D eigenvalue weighted by Crippen LogP contribution is 2.15. The third-order valence-electron chi connectivity index (χ3n) is 10.6. The summed E-state index contributed by atoms with van der Waals surface area (Å²) in [6.45, 7) is 6.34. The van der Waals surface area contributed by atoms with Crippen LogP contribution in [0.4, 0.5) is 0 Å². The number of hydrogen-bond donors (Lipinski definition) is 0. The number of rotatable bonds is 44. The van der Waals surface area contributed by atoms with Crippen LogP contribution in [-0.4, -0.2) is 37.2 Å². The minimum atomic E-state index is -0.798. The summed E-state index contributed by atoms with van der Waals surface area (Å²) in [5.74, 6) is -0.949.